The Bertz CT molecular complexity index is 3460. The van der Waals surface area contributed by atoms with E-state index in [1.54, 1.807) is 0 Å². The van der Waals surface area contributed by atoms with Crippen LogP contribution in [0, 0.1) is 0 Å². The summed E-state index contributed by atoms with van der Waals surface area (Å²) < 4.78 is 16.5. The second kappa shape index (κ2) is 14.2. The zero-order valence-corrected chi connectivity index (χ0v) is 34.2. The molecule has 0 bridgehead atoms. The van der Waals surface area contributed by atoms with Gasteiger partial charge in [0.15, 0.2) is 5.75 Å². The van der Waals surface area contributed by atoms with Crippen molar-refractivity contribution in [2.75, 3.05) is 4.90 Å². The quantitative estimate of drug-likeness (QED) is 0.157. The maximum Gasteiger partial charge on any atom is 0.260 e. The Morgan fingerprint density at radius 1 is 0.397 bits per heavy atom. The topological polar surface area (TPSA) is 26.6 Å². The van der Waals surface area contributed by atoms with Crippen LogP contribution in [0.2, 0.25) is 0 Å². The second-order valence-corrected chi connectivity index (χ2v) is 16.4. The SMILES string of the molecule is c1ccc(-c2ccc(N(c3ccc(-c4ccccc4)cc3)c3cc4c(c5ccccc35)c3cc5c6c(c3n4-c3ccccc3)Oc3ccccc3B6c3ccccc3O5)cc2)cc1. The molecule has 0 fully saturated rings. The highest BCUT2D eigenvalue weighted by Gasteiger charge is 2.42. The molecule has 3 heterocycles. The maximum absolute atomic E-state index is 7.16. The van der Waals surface area contributed by atoms with Gasteiger partial charge in [0.25, 0.3) is 6.71 Å². The Kier molecular flexibility index (Phi) is 7.97. The molecule has 4 nitrogen and oxygen atoms in total. The van der Waals surface area contributed by atoms with Crippen molar-refractivity contribution in [3.8, 4) is 50.9 Å². The van der Waals surface area contributed by atoms with Crippen molar-refractivity contribution in [1.82, 2.24) is 4.57 Å². The highest BCUT2D eigenvalue weighted by Crippen LogP contribution is 2.49. The average molecular weight is 805 g/mol. The standard InChI is InChI=1S/C58H37BN2O2/c1-4-16-38(17-5-1)40-28-32-43(33-29-40)60(44-34-30-41(31-35-44)39-18-6-2-7-19-39)50-37-51-55(46-23-11-10-22-45(46)50)47-36-54-56-58(57(47)61(51)42-20-8-3-9-21-42)63-53-27-15-13-25-49(53)59(56)48-24-12-14-26-52(48)62-54/h1-37H. The minimum atomic E-state index is -0.0444. The Labute approximate surface area is 365 Å². The molecule has 0 spiro atoms. The van der Waals surface area contributed by atoms with Crippen LogP contribution < -0.4 is 30.8 Å². The molecular weight excluding hydrogens is 767 g/mol. The molecule has 11 aromatic rings. The first-order valence-corrected chi connectivity index (χ1v) is 21.5. The van der Waals surface area contributed by atoms with Gasteiger partial charge >= 0.3 is 0 Å². The maximum atomic E-state index is 7.16. The van der Waals surface area contributed by atoms with Crippen molar-refractivity contribution in [2.45, 2.75) is 0 Å². The van der Waals surface area contributed by atoms with Gasteiger partial charge in [-0.25, -0.2) is 0 Å². The minimum Gasteiger partial charge on any atom is -0.458 e. The number of nitrogens with zero attached hydrogens (tertiary/aromatic N) is 2. The molecule has 0 saturated heterocycles. The van der Waals surface area contributed by atoms with Gasteiger partial charge in [-0.15, -0.1) is 0 Å². The number of hydrogen-bond donors (Lipinski definition) is 0. The molecule has 0 radical (unpaired) electrons. The fraction of sp³-hybridized carbons (Fsp3) is 0. The predicted molar refractivity (Wildman–Crippen MR) is 262 cm³/mol. The van der Waals surface area contributed by atoms with Crippen LogP contribution in [0.4, 0.5) is 17.1 Å². The zero-order chi connectivity index (χ0) is 41.4. The molecule has 63 heavy (non-hydrogen) atoms. The highest BCUT2D eigenvalue weighted by atomic mass is 16.5. The molecule has 0 saturated carbocycles. The van der Waals surface area contributed by atoms with Gasteiger partial charge in [-0.2, -0.15) is 0 Å². The molecule has 294 valence electrons. The van der Waals surface area contributed by atoms with Crippen LogP contribution in [-0.4, -0.2) is 11.3 Å². The first-order chi connectivity index (χ1) is 31.3. The number of hydrogen-bond acceptors (Lipinski definition) is 3. The lowest BCUT2D eigenvalue weighted by molar-refractivity contribution is 0.467. The molecule has 0 aliphatic carbocycles. The molecule has 0 atom stereocenters. The molecule has 0 unspecified atom stereocenters. The Morgan fingerprint density at radius 3 is 1.49 bits per heavy atom. The Balaban J connectivity index is 1.11. The molecule has 2 aliphatic heterocycles. The first-order valence-electron chi connectivity index (χ1n) is 21.5. The molecule has 1 aromatic heterocycles. The summed E-state index contributed by atoms with van der Waals surface area (Å²) in [6.07, 6.45) is 0. The van der Waals surface area contributed by atoms with Crippen molar-refractivity contribution in [2.24, 2.45) is 0 Å². The van der Waals surface area contributed by atoms with Gasteiger partial charge in [-0.1, -0.05) is 164 Å². The van der Waals surface area contributed by atoms with Crippen LogP contribution in [-0.2, 0) is 0 Å². The summed E-state index contributed by atoms with van der Waals surface area (Å²) in [4.78, 5) is 2.41. The number of para-hydroxylation sites is 3. The first kappa shape index (κ1) is 35.5. The van der Waals surface area contributed by atoms with Crippen LogP contribution in [0.25, 0.3) is 60.5 Å². The molecule has 13 rings (SSSR count). The normalized spacial score (nSPS) is 12.3. The van der Waals surface area contributed by atoms with E-state index < -0.39 is 0 Å². The minimum absolute atomic E-state index is 0.0444. The number of benzene rings is 10. The Morgan fingerprint density at radius 2 is 0.889 bits per heavy atom. The average Bonchev–Trinajstić information content (AvgIpc) is 3.69. The fourth-order valence-electron chi connectivity index (χ4n) is 10.1. The third kappa shape index (κ3) is 5.56. The highest BCUT2D eigenvalue weighted by molar-refractivity contribution is 6.98. The van der Waals surface area contributed by atoms with E-state index in [4.69, 9.17) is 9.47 Å². The number of fused-ring (bicyclic) bond motifs is 10. The smallest absolute Gasteiger partial charge is 0.260 e. The lowest BCUT2D eigenvalue weighted by Crippen LogP contribution is -2.57. The molecule has 10 aromatic carbocycles. The van der Waals surface area contributed by atoms with Gasteiger partial charge < -0.3 is 18.9 Å². The summed E-state index contributed by atoms with van der Waals surface area (Å²) >= 11 is 0. The number of ether oxygens (including phenoxy) is 2. The van der Waals surface area contributed by atoms with Gasteiger partial charge in [0, 0.05) is 38.7 Å². The van der Waals surface area contributed by atoms with E-state index in [0.717, 1.165) is 94.7 Å². The lowest BCUT2D eigenvalue weighted by Gasteiger charge is -2.33. The number of anilines is 3. The summed E-state index contributed by atoms with van der Waals surface area (Å²) in [7, 11) is 0. The van der Waals surface area contributed by atoms with Gasteiger partial charge in [0.1, 0.15) is 17.2 Å². The monoisotopic (exact) mass is 804 g/mol. The second-order valence-electron chi connectivity index (χ2n) is 16.4. The molecule has 5 heteroatoms. The van der Waals surface area contributed by atoms with Gasteiger partial charge in [-0.05, 0) is 99.2 Å². The summed E-state index contributed by atoms with van der Waals surface area (Å²) in [5.74, 6) is 3.40. The van der Waals surface area contributed by atoms with Crippen LogP contribution in [0.3, 0.4) is 0 Å². The van der Waals surface area contributed by atoms with E-state index in [1.165, 1.54) is 22.3 Å². The summed E-state index contributed by atoms with van der Waals surface area (Å²) in [6, 6.07) is 80.2. The number of rotatable bonds is 6. The van der Waals surface area contributed by atoms with Crippen molar-refractivity contribution in [3.05, 3.63) is 224 Å². The summed E-state index contributed by atoms with van der Waals surface area (Å²) in [5, 5.41) is 4.51. The van der Waals surface area contributed by atoms with Crippen molar-refractivity contribution >= 4 is 72.7 Å². The van der Waals surface area contributed by atoms with Crippen LogP contribution in [0.1, 0.15) is 0 Å². The van der Waals surface area contributed by atoms with E-state index in [2.05, 4.69) is 234 Å². The van der Waals surface area contributed by atoms with Gasteiger partial charge in [0.2, 0.25) is 0 Å². The molecule has 0 amide bonds. The van der Waals surface area contributed by atoms with Crippen molar-refractivity contribution < 1.29 is 9.47 Å². The van der Waals surface area contributed by atoms with E-state index in [1.807, 2.05) is 0 Å². The molecule has 2 aliphatic rings. The molecular formula is C58H37BN2O2. The fourth-order valence-corrected chi connectivity index (χ4v) is 10.1. The largest absolute Gasteiger partial charge is 0.458 e. The summed E-state index contributed by atoms with van der Waals surface area (Å²) in [6.45, 7) is -0.0444. The Hall–Kier alpha value is -8.28. The van der Waals surface area contributed by atoms with Crippen molar-refractivity contribution in [1.29, 1.82) is 0 Å². The van der Waals surface area contributed by atoms with E-state index in [-0.39, 0.29) is 6.71 Å². The van der Waals surface area contributed by atoms with E-state index in [9.17, 15) is 0 Å². The third-order valence-electron chi connectivity index (χ3n) is 12.9. The lowest BCUT2D eigenvalue weighted by atomic mass is 9.35. The van der Waals surface area contributed by atoms with Crippen LogP contribution in [0.5, 0.6) is 23.0 Å². The van der Waals surface area contributed by atoms with Gasteiger partial charge in [-0.3, -0.25) is 0 Å². The number of aromatic nitrogens is 1. The van der Waals surface area contributed by atoms with Crippen LogP contribution >= 0.6 is 0 Å². The van der Waals surface area contributed by atoms with E-state index >= 15 is 0 Å². The van der Waals surface area contributed by atoms with Crippen LogP contribution in [0.15, 0.2) is 224 Å². The summed E-state index contributed by atoms with van der Waals surface area (Å²) in [5.41, 5.74) is 14.4. The van der Waals surface area contributed by atoms with Crippen molar-refractivity contribution in [3.63, 3.8) is 0 Å². The predicted octanol–water partition coefficient (Wildman–Crippen LogP) is 13.5. The van der Waals surface area contributed by atoms with E-state index in [0.29, 0.717) is 0 Å². The molecule has 0 N–H and O–H groups in total. The third-order valence-corrected chi connectivity index (χ3v) is 12.9. The van der Waals surface area contributed by atoms with Gasteiger partial charge in [0.05, 0.1) is 16.7 Å². The zero-order valence-electron chi connectivity index (χ0n) is 34.2.